The van der Waals surface area contributed by atoms with Crippen molar-refractivity contribution in [2.75, 3.05) is 45.2 Å². The first-order chi connectivity index (χ1) is 21.3. The molecule has 0 bridgehead atoms. The van der Waals surface area contributed by atoms with Crippen LogP contribution in [0.5, 0.6) is 5.75 Å². The van der Waals surface area contributed by atoms with Crippen LogP contribution in [0.1, 0.15) is 74.5 Å². The van der Waals surface area contributed by atoms with Gasteiger partial charge < -0.3 is 24.6 Å². The number of ether oxygens (including phenoxy) is 2. The van der Waals surface area contributed by atoms with E-state index in [9.17, 15) is 19.2 Å². The Morgan fingerprint density at radius 2 is 1.67 bits per heavy atom. The molecule has 1 N–H and O–H groups in total. The Labute approximate surface area is 266 Å². The Kier molecular flexibility index (Phi) is 10.7. The van der Waals surface area contributed by atoms with Crippen molar-refractivity contribution in [2.45, 2.75) is 78.6 Å². The van der Waals surface area contributed by atoms with Crippen molar-refractivity contribution in [1.29, 1.82) is 0 Å². The molecule has 244 valence electrons. The predicted octanol–water partition coefficient (Wildman–Crippen LogP) is 4.17. The van der Waals surface area contributed by atoms with Crippen molar-refractivity contribution in [3.8, 4) is 5.75 Å². The van der Waals surface area contributed by atoms with Crippen LogP contribution in [0.15, 0.2) is 36.4 Å². The maximum absolute atomic E-state index is 13.7. The topological polar surface area (TPSA) is 112 Å². The van der Waals surface area contributed by atoms with Gasteiger partial charge in [0.2, 0.25) is 5.91 Å². The van der Waals surface area contributed by atoms with E-state index < -0.39 is 11.7 Å². The maximum atomic E-state index is 13.7. The number of Topliss-reactive ketones (excluding diaryl/α,β-unsaturated/α-hetero) is 1. The van der Waals surface area contributed by atoms with Gasteiger partial charge in [-0.3, -0.25) is 19.4 Å². The molecule has 0 fully saturated rings. The lowest BCUT2D eigenvalue weighted by atomic mass is 9.90. The van der Waals surface area contributed by atoms with Crippen LogP contribution < -0.4 is 15.0 Å². The van der Waals surface area contributed by atoms with Crippen LogP contribution in [0.4, 0.5) is 10.5 Å². The van der Waals surface area contributed by atoms with Gasteiger partial charge in [-0.05, 0) is 76.3 Å². The van der Waals surface area contributed by atoms with Gasteiger partial charge in [-0.1, -0.05) is 24.3 Å². The number of fused-ring (bicyclic) bond motifs is 2. The number of hydrazine groups is 1. The van der Waals surface area contributed by atoms with E-state index in [1.165, 1.54) is 11.1 Å². The number of nitrogens with one attached hydrogen (secondary N) is 1. The molecule has 11 nitrogen and oxygen atoms in total. The van der Waals surface area contributed by atoms with Gasteiger partial charge in [-0.15, -0.1) is 0 Å². The maximum Gasteiger partial charge on any atom is 0.410 e. The van der Waals surface area contributed by atoms with Gasteiger partial charge in [0.05, 0.1) is 25.9 Å². The average molecular weight is 622 g/mol. The van der Waals surface area contributed by atoms with Gasteiger partial charge in [0.1, 0.15) is 11.4 Å². The van der Waals surface area contributed by atoms with Gasteiger partial charge in [-0.2, -0.15) is 0 Å². The first-order valence-electron chi connectivity index (χ1n) is 15.6. The molecule has 1 aliphatic heterocycles. The zero-order valence-electron chi connectivity index (χ0n) is 27.6. The molecule has 1 aliphatic carbocycles. The standard InChI is InChI=1S/C34H47N5O6/c1-23(2)39(33(43)45-34(3,4)5)16-15-35-31(41)21-37(28-18-27-24(17-30(28)44-7)13-10-14-29(27)40)22-32(42)36(6)38-19-25-11-8-9-12-26(25)20-38/h8-9,11-12,17-18,23H,10,13-16,19-22H2,1-7H3,(H,35,41). The molecule has 0 atom stereocenters. The summed E-state index contributed by atoms with van der Waals surface area (Å²) in [6, 6.07) is 11.6. The number of carbonyl (C=O) groups is 4. The van der Waals surface area contributed by atoms with Crippen LogP contribution >= 0.6 is 0 Å². The molecule has 2 aromatic carbocycles. The Balaban J connectivity index is 1.51. The van der Waals surface area contributed by atoms with E-state index in [4.69, 9.17) is 9.47 Å². The van der Waals surface area contributed by atoms with Gasteiger partial charge in [-0.25, -0.2) is 9.80 Å². The highest BCUT2D eigenvalue weighted by Crippen LogP contribution is 2.35. The number of rotatable bonds is 11. The van der Waals surface area contributed by atoms with E-state index in [1.807, 2.05) is 57.8 Å². The third-order valence-corrected chi connectivity index (χ3v) is 8.09. The highest BCUT2D eigenvalue weighted by molar-refractivity contribution is 6.00. The SMILES string of the molecule is COc1cc2c(cc1N(CC(=O)NCCN(C(=O)OC(C)(C)C)C(C)C)CC(=O)N(C)N1Cc3ccccc3C1)C(=O)CCC2. The largest absolute Gasteiger partial charge is 0.495 e. The van der Waals surface area contributed by atoms with Crippen LogP contribution in [-0.4, -0.2) is 90.6 Å². The number of methoxy groups -OCH3 is 1. The van der Waals surface area contributed by atoms with E-state index in [1.54, 1.807) is 35.0 Å². The summed E-state index contributed by atoms with van der Waals surface area (Å²) in [4.78, 5) is 55.8. The fourth-order valence-corrected chi connectivity index (χ4v) is 5.66. The molecular weight excluding hydrogens is 574 g/mol. The lowest BCUT2D eigenvalue weighted by Gasteiger charge is -2.32. The smallest absolute Gasteiger partial charge is 0.410 e. The molecule has 0 radical (unpaired) electrons. The number of nitrogens with zero attached hydrogens (tertiary/aromatic N) is 4. The molecule has 2 aliphatic rings. The summed E-state index contributed by atoms with van der Waals surface area (Å²) in [5.74, 6) is -0.00872. The van der Waals surface area contributed by atoms with Crippen LogP contribution in [0.25, 0.3) is 0 Å². The zero-order valence-corrected chi connectivity index (χ0v) is 27.6. The molecule has 0 aromatic heterocycles. The highest BCUT2D eigenvalue weighted by atomic mass is 16.6. The Bertz CT molecular complexity index is 1390. The number of amides is 3. The molecule has 4 rings (SSSR count). The summed E-state index contributed by atoms with van der Waals surface area (Å²) in [5.41, 5.74) is 3.72. The minimum Gasteiger partial charge on any atom is -0.495 e. The van der Waals surface area contributed by atoms with E-state index in [2.05, 4.69) is 17.4 Å². The fourth-order valence-electron chi connectivity index (χ4n) is 5.66. The van der Waals surface area contributed by atoms with Crippen LogP contribution in [0.2, 0.25) is 0 Å². The number of aryl methyl sites for hydroxylation is 1. The molecule has 2 aromatic rings. The van der Waals surface area contributed by atoms with Gasteiger partial charge in [0.25, 0.3) is 5.91 Å². The zero-order chi connectivity index (χ0) is 32.9. The number of hydrogen-bond acceptors (Lipinski definition) is 8. The van der Waals surface area contributed by atoms with Crippen LogP contribution in [-0.2, 0) is 33.8 Å². The first-order valence-corrected chi connectivity index (χ1v) is 15.6. The number of anilines is 1. The average Bonchev–Trinajstić information content (AvgIpc) is 3.41. The monoisotopic (exact) mass is 621 g/mol. The highest BCUT2D eigenvalue weighted by Gasteiger charge is 2.29. The van der Waals surface area contributed by atoms with Crippen molar-refractivity contribution in [1.82, 2.24) is 20.2 Å². The predicted molar refractivity (Wildman–Crippen MR) is 172 cm³/mol. The van der Waals surface area contributed by atoms with Crippen molar-refractivity contribution in [2.24, 2.45) is 0 Å². The molecule has 11 heteroatoms. The number of ketones is 1. The summed E-state index contributed by atoms with van der Waals surface area (Å²) in [7, 11) is 3.28. The molecule has 45 heavy (non-hydrogen) atoms. The van der Waals surface area contributed by atoms with Crippen LogP contribution in [0.3, 0.4) is 0 Å². The van der Waals surface area contributed by atoms with E-state index in [0.29, 0.717) is 36.5 Å². The van der Waals surface area contributed by atoms with Crippen molar-refractivity contribution in [3.63, 3.8) is 0 Å². The summed E-state index contributed by atoms with van der Waals surface area (Å²) < 4.78 is 11.2. The van der Waals surface area contributed by atoms with Crippen molar-refractivity contribution in [3.05, 3.63) is 58.7 Å². The summed E-state index contributed by atoms with van der Waals surface area (Å²) >= 11 is 0. The number of hydrogen-bond donors (Lipinski definition) is 1. The lowest BCUT2D eigenvalue weighted by molar-refractivity contribution is -0.145. The molecule has 0 spiro atoms. The number of benzene rings is 2. The van der Waals surface area contributed by atoms with Gasteiger partial charge in [0.15, 0.2) is 5.78 Å². The number of carbonyl (C=O) groups excluding carboxylic acids is 4. The second-order valence-corrected chi connectivity index (χ2v) is 12.9. The molecule has 3 amide bonds. The quantitative estimate of drug-likeness (QED) is 0.398. The van der Waals surface area contributed by atoms with Crippen molar-refractivity contribution >= 4 is 29.4 Å². The molecule has 0 saturated heterocycles. The second-order valence-electron chi connectivity index (χ2n) is 12.9. The first kappa shape index (κ1) is 33.8. The normalized spacial score (nSPS) is 14.4. The Morgan fingerprint density at radius 3 is 2.27 bits per heavy atom. The molecule has 0 unspecified atom stereocenters. The van der Waals surface area contributed by atoms with Crippen molar-refractivity contribution < 1.29 is 28.7 Å². The van der Waals surface area contributed by atoms with Crippen LogP contribution in [0, 0.1) is 0 Å². The Hall–Kier alpha value is -4.12. The summed E-state index contributed by atoms with van der Waals surface area (Å²) in [6.07, 6.45) is 1.55. The van der Waals surface area contributed by atoms with E-state index in [0.717, 1.165) is 18.4 Å². The molecular formula is C34H47N5O6. The Morgan fingerprint density at radius 1 is 1.00 bits per heavy atom. The number of likely N-dealkylation sites (N-methyl/N-ethyl adjacent to an activating group) is 1. The summed E-state index contributed by atoms with van der Waals surface area (Å²) in [5, 5.41) is 6.46. The second kappa shape index (κ2) is 14.3. The molecule has 1 heterocycles. The molecule has 0 saturated carbocycles. The van der Waals surface area contributed by atoms with E-state index in [-0.39, 0.29) is 49.8 Å². The minimum absolute atomic E-state index is 0.0405. The van der Waals surface area contributed by atoms with Gasteiger partial charge >= 0.3 is 6.09 Å². The third-order valence-electron chi connectivity index (χ3n) is 8.09. The fraction of sp³-hybridized carbons (Fsp3) is 0.529. The van der Waals surface area contributed by atoms with E-state index >= 15 is 0 Å². The minimum atomic E-state index is -0.638. The third kappa shape index (κ3) is 8.54. The summed E-state index contributed by atoms with van der Waals surface area (Å²) in [6.45, 7) is 10.6. The van der Waals surface area contributed by atoms with Gasteiger partial charge in [0, 0.05) is 51.3 Å². The lowest BCUT2D eigenvalue weighted by Crippen LogP contribution is -2.49.